The van der Waals surface area contributed by atoms with Crippen LogP contribution in [0.15, 0.2) is 138 Å². The smallest absolute Gasteiger partial charge is 1.00 e. The van der Waals surface area contributed by atoms with Gasteiger partial charge in [-0.1, -0.05) is 79.0 Å². The first-order chi connectivity index (χ1) is 45.7. The van der Waals surface area contributed by atoms with Gasteiger partial charge in [0.2, 0.25) is 47.3 Å². The second-order valence-corrected chi connectivity index (χ2v) is 24.2. The summed E-state index contributed by atoms with van der Waals surface area (Å²) in [6.07, 6.45) is 15.0. The summed E-state index contributed by atoms with van der Waals surface area (Å²) in [5, 5.41) is 35.1. The average Bonchev–Trinajstić information content (AvgIpc) is 1.88. The van der Waals surface area contributed by atoms with Crippen LogP contribution in [0.1, 0.15) is 114 Å². The van der Waals surface area contributed by atoms with E-state index in [1.54, 1.807) is 32.9 Å². The number of carboxylic acids is 1. The Morgan fingerprint density at radius 3 is 1.47 bits per heavy atom. The molecule has 0 aliphatic carbocycles. The minimum absolute atomic E-state index is 0. The van der Waals surface area contributed by atoms with Gasteiger partial charge in [-0.2, -0.15) is 0 Å². The van der Waals surface area contributed by atoms with Crippen LogP contribution in [0.3, 0.4) is 0 Å². The number of rotatable bonds is 34. The Bertz CT molecular complexity index is 2850. The van der Waals surface area contributed by atoms with Crippen LogP contribution in [-0.2, 0) is 77.1 Å². The summed E-state index contributed by atoms with van der Waals surface area (Å²) in [4.78, 5) is 128. The number of amides is 10. The predicted octanol–water partition coefficient (Wildman–Crippen LogP) is -0.565. The van der Waals surface area contributed by atoms with Crippen LogP contribution in [-0.4, -0.2) is 201 Å². The number of carbonyl (C=O) groups is 12. The molecule has 0 atom stereocenters. The van der Waals surface area contributed by atoms with E-state index in [4.69, 9.17) is 25.4 Å². The number of ether oxygens (including phenoxy) is 3. The second kappa shape index (κ2) is 67.4. The third kappa shape index (κ3) is 89.6. The molecule has 568 valence electrons. The third-order valence-corrected chi connectivity index (χ3v) is 11.6. The van der Waals surface area contributed by atoms with E-state index in [-0.39, 0.29) is 115 Å². The number of hydrogen-bond acceptors (Lipinski definition) is 19. The molecule has 1 aliphatic rings. The number of aliphatic carboxylic acids is 1. The maximum absolute atomic E-state index is 10.9. The van der Waals surface area contributed by atoms with Crippen LogP contribution in [0, 0.1) is 0 Å². The van der Waals surface area contributed by atoms with E-state index in [0.29, 0.717) is 50.4 Å². The van der Waals surface area contributed by atoms with Gasteiger partial charge < -0.3 is 88.8 Å². The Labute approximate surface area is 626 Å². The van der Waals surface area contributed by atoms with Crippen molar-refractivity contribution in [3.63, 3.8) is 0 Å². The number of imide groups is 1. The number of nitrogens with two attached hydrogens (primary N) is 1. The largest absolute Gasteiger partial charge is 1.00 e. The Morgan fingerprint density at radius 2 is 1.11 bits per heavy atom. The molecule has 1 aromatic carbocycles. The summed E-state index contributed by atoms with van der Waals surface area (Å²) < 4.78 is 46.7. The number of carbonyl (C=O) groups excluding carboxylic acids is 11. The van der Waals surface area contributed by atoms with Gasteiger partial charge >= 0.3 is 41.6 Å². The van der Waals surface area contributed by atoms with E-state index in [2.05, 4.69) is 129 Å². The topological polar surface area (TPSA) is 444 Å². The first kappa shape index (κ1) is 111. The van der Waals surface area contributed by atoms with Crippen molar-refractivity contribution in [3.05, 3.63) is 138 Å². The SMILES string of the molecule is C=C(C)C(N)=O.C=CC(=O)N1CCOC1=O.C=CC(=O)NC(C)(C)CC(C)=O.C=CC(=O)NC(C)(C)CS(=O)(=O)[O-].C=CC(=O)NCCCCCC(=O)O.C=CC(=O)NCCC[N+](C)(C)C.C=CC(=O)NCOC(C)C.C=CC(=O)NCOCCCC.C=CC(=O)Nc1ccc(O)cc1.[Cl-].[Na+]. The molecule has 1 aliphatic heterocycles. The minimum atomic E-state index is -4.33. The van der Waals surface area contributed by atoms with Crippen LogP contribution in [0.2, 0.25) is 0 Å². The third-order valence-electron chi connectivity index (χ3n) is 10.5. The van der Waals surface area contributed by atoms with Crippen molar-refractivity contribution in [2.75, 3.05) is 85.1 Å². The van der Waals surface area contributed by atoms with Crippen molar-refractivity contribution in [3.8, 4) is 5.75 Å². The molecule has 10 amide bonds. The molecule has 0 unspecified atom stereocenters. The van der Waals surface area contributed by atoms with Crippen LogP contribution < -0.4 is 84.9 Å². The van der Waals surface area contributed by atoms with Crippen molar-refractivity contribution in [2.45, 2.75) is 131 Å². The van der Waals surface area contributed by atoms with Gasteiger partial charge in [0.15, 0.2) is 0 Å². The second-order valence-electron chi connectivity index (χ2n) is 22.7. The zero-order chi connectivity index (χ0) is 78.4. The molecule has 0 aromatic heterocycles. The molecule has 2 rings (SSSR count). The summed E-state index contributed by atoms with van der Waals surface area (Å²) in [5.41, 5.74) is 4.19. The molecule has 0 radical (unpaired) electrons. The normalized spacial score (nSPS) is 10.4. The predicted molar refractivity (Wildman–Crippen MR) is 382 cm³/mol. The minimum Gasteiger partial charge on any atom is -1.00 e. The summed E-state index contributed by atoms with van der Waals surface area (Å²) >= 11 is 0. The molecule has 0 spiro atoms. The van der Waals surface area contributed by atoms with E-state index >= 15 is 0 Å². The van der Waals surface area contributed by atoms with Crippen molar-refractivity contribution >= 4 is 86.8 Å². The number of aromatic hydroxyl groups is 1. The Kier molecular flexibility index (Phi) is 74.2. The van der Waals surface area contributed by atoms with E-state index in [1.165, 1.54) is 69.4 Å². The maximum Gasteiger partial charge on any atom is 1.00 e. The van der Waals surface area contributed by atoms with E-state index < -0.39 is 56.7 Å². The number of halogens is 1. The van der Waals surface area contributed by atoms with Crippen molar-refractivity contribution in [2.24, 2.45) is 5.73 Å². The summed E-state index contributed by atoms with van der Waals surface area (Å²) in [7, 11) is 2.07. The number of unbranched alkanes of at least 4 members (excludes halogenated alkanes) is 3. The van der Waals surface area contributed by atoms with Gasteiger partial charge in [-0.25, -0.2) is 18.1 Å². The summed E-state index contributed by atoms with van der Waals surface area (Å²) in [6.45, 7) is 49.4. The summed E-state index contributed by atoms with van der Waals surface area (Å²) in [5.74, 6) is -3.70. The molecular weight excluding hydrogens is 1370 g/mol. The van der Waals surface area contributed by atoms with Crippen LogP contribution in [0.5, 0.6) is 5.75 Å². The van der Waals surface area contributed by atoms with Crippen molar-refractivity contribution in [1.29, 1.82) is 0 Å². The standard InChI is InChI=1S/C9H18N2O.C9H15NO3.C9H9NO2.C9H15NO2.C8H15NO2.C7H13NO4S.C7H13NO2.C6H7NO3.C4H7NO.ClH.Na/c1-5-9(12)10-7-6-8-11(2,3)4;1-2-8(11)10-7-5-3-4-6-9(12)13;1-2-9(12)10-7-3-5-8(11)6-4-7;1-5-8(12)10-9(3,4)6-7(2)11;1-3-5-6-11-7-9-8(10)4-2;1-4-6(9)8-7(2,3)5-13(10,11)12;1-4-7(9)8-5-10-6(2)3;1-2-5(8)7-3-4-10-6(7)9;1-3(2)4(5)6;;/h5H,1,6-8H2,2-4H3;2H,1,3-7H2,(H,10,11)(H,12,13);2-6,11H,1H2,(H,10,12);5H,1,6H2,2-4H3,(H,10,12);4H,2-3,5-7H2,1H3,(H,9,10);4H,1,5H2,2-3H3,(H,8,9)(H,10,11,12);4,6H,1,5H2,2-3H3,(H,8,9);2H,1,3-4H2;1H2,2H3,(H2,5,6);1H;/q;;;;;;;;;;+1/p-1. The molecule has 1 fully saturated rings. The molecule has 1 heterocycles. The number of Topliss-reactive ketones (excluding diaryl/α,β-unsaturated/α-hetero) is 1. The van der Waals surface area contributed by atoms with Gasteiger partial charge in [0.1, 0.15) is 31.6 Å². The number of nitrogens with one attached hydrogen (secondary N) is 7. The Hall–Kier alpha value is -8.40. The van der Waals surface area contributed by atoms with E-state index in [9.17, 15) is 70.5 Å². The number of benzene rings is 1. The zero-order valence-electron chi connectivity index (χ0n) is 61.4. The van der Waals surface area contributed by atoms with Crippen LogP contribution in [0.25, 0.3) is 0 Å². The molecular formula is C68H112ClN10NaO20S. The molecule has 1 aromatic rings. The molecule has 1 saturated heterocycles. The number of anilines is 1. The Balaban J connectivity index is -0.000000135. The average molecular weight is 1480 g/mol. The number of cyclic esters (lactones) is 1. The number of carboxylic acid groups (broad SMARTS) is 1. The first-order valence-electron chi connectivity index (χ1n) is 30.7. The Morgan fingerprint density at radius 1 is 0.683 bits per heavy atom. The molecule has 33 heteroatoms. The fourth-order valence-electron chi connectivity index (χ4n) is 5.92. The molecule has 11 N–H and O–H groups in total. The zero-order valence-corrected chi connectivity index (χ0v) is 65.0. The van der Waals surface area contributed by atoms with E-state index in [1.807, 2.05) is 13.8 Å². The molecule has 101 heavy (non-hydrogen) atoms. The van der Waals surface area contributed by atoms with Gasteiger partial charge in [0.25, 0.3) is 5.91 Å². The number of nitrogens with zero attached hydrogens (tertiary/aromatic N) is 2. The molecule has 0 saturated carbocycles. The van der Waals surface area contributed by atoms with Crippen molar-refractivity contribution in [1.82, 2.24) is 36.8 Å². The molecule has 30 nitrogen and oxygen atoms in total. The van der Waals surface area contributed by atoms with Gasteiger partial charge in [-0.15, -0.1) is 0 Å². The number of phenols is 1. The molecule has 0 bridgehead atoms. The van der Waals surface area contributed by atoms with Gasteiger partial charge in [0, 0.05) is 61.3 Å². The maximum atomic E-state index is 10.9. The van der Waals surface area contributed by atoms with Crippen LogP contribution >= 0.6 is 0 Å². The summed E-state index contributed by atoms with van der Waals surface area (Å²) in [6, 6.07) is 6.21. The van der Waals surface area contributed by atoms with Crippen molar-refractivity contribution < 1.29 is 141 Å². The van der Waals surface area contributed by atoms with Gasteiger partial charge in [0.05, 0.1) is 56.2 Å². The van der Waals surface area contributed by atoms with Gasteiger partial charge in [-0.05, 0) is 148 Å². The fourth-order valence-corrected chi connectivity index (χ4v) is 6.88. The number of hydrogen-bond donors (Lipinski definition) is 10. The van der Waals surface area contributed by atoms with E-state index in [0.717, 1.165) is 66.7 Å². The van der Waals surface area contributed by atoms with Gasteiger partial charge in [-0.3, -0.25) is 52.7 Å². The number of quaternary nitrogens is 1. The first-order valence-corrected chi connectivity index (χ1v) is 32.3. The monoisotopic (exact) mass is 1480 g/mol. The number of primary amides is 1. The quantitative estimate of drug-likeness (QED) is 0.00786. The number of ketones is 1. The fraction of sp³-hybridized carbons (Fsp3) is 0.471. The number of phenolic OH excluding ortho intramolecular Hbond substituents is 1. The van der Waals surface area contributed by atoms with Crippen LogP contribution in [0.4, 0.5) is 10.5 Å².